The van der Waals surface area contributed by atoms with E-state index < -0.39 is 26.5 Å². The second kappa shape index (κ2) is 40.2. The number of rotatable bonds is 44. The van der Waals surface area contributed by atoms with Gasteiger partial charge in [0.15, 0.2) is 6.10 Å². The Bertz CT molecular complexity index is 985. The summed E-state index contributed by atoms with van der Waals surface area (Å²) in [6.45, 7) is 4.45. The van der Waals surface area contributed by atoms with E-state index in [1.807, 2.05) is 21.1 Å². The molecule has 0 bridgehead atoms. The van der Waals surface area contributed by atoms with Crippen molar-refractivity contribution in [3.63, 3.8) is 0 Å². The predicted octanol–water partition coefficient (Wildman–Crippen LogP) is 13.8. The number of likely N-dealkylation sites (N-methyl/N-ethyl adjacent to an activating group) is 1. The Hall–Kier alpha value is -1.25. The van der Waals surface area contributed by atoms with Gasteiger partial charge in [0.25, 0.3) is 0 Å². The lowest BCUT2D eigenvalue weighted by atomic mass is 10.0. The third-order valence-electron chi connectivity index (χ3n) is 10.5. The van der Waals surface area contributed by atoms with Crippen LogP contribution >= 0.6 is 7.82 Å². The highest BCUT2D eigenvalue weighted by atomic mass is 31.2. The van der Waals surface area contributed by atoms with Crippen LogP contribution in [-0.2, 0) is 32.7 Å². The molecule has 2 atom stereocenters. The molecule has 338 valence electrons. The van der Waals surface area contributed by atoms with Gasteiger partial charge in [-0.25, -0.2) is 4.57 Å². The number of nitrogens with zero attached hydrogens (tertiary/aromatic N) is 1. The van der Waals surface area contributed by atoms with E-state index >= 15 is 0 Å². The van der Waals surface area contributed by atoms with Gasteiger partial charge in [-0.1, -0.05) is 187 Å². The maximum absolute atomic E-state index is 12.7. The second-order valence-electron chi connectivity index (χ2n) is 17.5. The predicted molar refractivity (Wildman–Crippen MR) is 238 cm³/mol. The zero-order valence-corrected chi connectivity index (χ0v) is 39.0. The SMILES string of the molecule is CCCCCCCC/C=C\CCCCCCCCCC(=O)OC(COC(=O)CCCCCCCCCCCCCCCCCC)COP(=O)(O)OCC[N+](C)(C)C. The Morgan fingerprint density at radius 1 is 0.526 bits per heavy atom. The molecule has 0 saturated heterocycles. The highest BCUT2D eigenvalue weighted by Gasteiger charge is 2.27. The lowest BCUT2D eigenvalue weighted by molar-refractivity contribution is -0.870. The lowest BCUT2D eigenvalue weighted by Gasteiger charge is -2.24. The number of carbonyl (C=O) groups is 2. The summed E-state index contributed by atoms with van der Waals surface area (Å²) in [7, 11) is 1.49. The van der Waals surface area contributed by atoms with Gasteiger partial charge in [0.1, 0.15) is 19.8 Å². The molecule has 0 aromatic carbocycles. The van der Waals surface area contributed by atoms with Gasteiger partial charge >= 0.3 is 19.8 Å². The van der Waals surface area contributed by atoms with Gasteiger partial charge in [-0.15, -0.1) is 0 Å². The summed E-state index contributed by atoms with van der Waals surface area (Å²) in [6.07, 6.45) is 42.5. The maximum Gasteiger partial charge on any atom is 0.472 e. The van der Waals surface area contributed by atoms with Gasteiger partial charge in [-0.2, -0.15) is 0 Å². The summed E-state index contributed by atoms with van der Waals surface area (Å²) in [5.41, 5.74) is 0. The molecular formula is C47H93NO8P+. The first-order chi connectivity index (χ1) is 27.5. The minimum Gasteiger partial charge on any atom is -0.462 e. The van der Waals surface area contributed by atoms with Crippen LogP contribution in [0.5, 0.6) is 0 Å². The molecular weight excluding hydrogens is 737 g/mol. The number of phosphoric ester groups is 1. The third-order valence-corrected chi connectivity index (χ3v) is 11.5. The fourth-order valence-electron chi connectivity index (χ4n) is 6.77. The largest absolute Gasteiger partial charge is 0.472 e. The van der Waals surface area contributed by atoms with Gasteiger partial charge in [-0.05, 0) is 38.5 Å². The van der Waals surface area contributed by atoms with Crippen LogP contribution in [0.4, 0.5) is 0 Å². The summed E-state index contributed by atoms with van der Waals surface area (Å²) in [4.78, 5) is 35.4. The number of esters is 2. The van der Waals surface area contributed by atoms with Crippen LogP contribution < -0.4 is 0 Å². The van der Waals surface area contributed by atoms with Crippen LogP contribution in [0.15, 0.2) is 12.2 Å². The van der Waals surface area contributed by atoms with Crippen LogP contribution in [0.3, 0.4) is 0 Å². The van der Waals surface area contributed by atoms with Gasteiger partial charge in [0.05, 0.1) is 27.7 Å². The molecule has 0 spiro atoms. The molecule has 1 N–H and O–H groups in total. The molecule has 0 aromatic heterocycles. The van der Waals surface area contributed by atoms with Gasteiger partial charge in [0, 0.05) is 12.8 Å². The first kappa shape index (κ1) is 55.8. The van der Waals surface area contributed by atoms with E-state index in [2.05, 4.69) is 26.0 Å². The quantitative estimate of drug-likeness (QED) is 0.0213. The number of quaternary nitrogens is 1. The molecule has 0 aliphatic carbocycles. The fourth-order valence-corrected chi connectivity index (χ4v) is 7.52. The Labute approximate surface area is 352 Å². The minimum atomic E-state index is -4.37. The molecule has 0 aliphatic rings. The molecule has 0 aliphatic heterocycles. The topological polar surface area (TPSA) is 108 Å². The van der Waals surface area contributed by atoms with Crippen LogP contribution in [0.2, 0.25) is 0 Å². The van der Waals surface area contributed by atoms with Crippen molar-refractivity contribution >= 4 is 19.8 Å². The van der Waals surface area contributed by atoms with Crippen LogP contribution in [0.25, 0.3) is 0 Å². The standard InChI is InChI=1S/C47H92NO8P/c1-6-8-10-12-14-16-18-20-22-24-26-28-30-32-34-36-38-40-47(50)56-45(44-55-57(51,52)54-42-41-48(3,4)5)43-53-46(49)39-37-35-33-31-29-27-25-23-21-19-17-15-13-11-9-7-2/h20,22,45H,6-19,21,23-44H2,1-5H3/p+1/b22-20-. The highest BCUT2D eigenvalue weighted by Crippen LogP contribution is 2.43. The van der Waals surface area contributed by atoms with Gasteiger partial charge in [0.2, 0.25) is 0 Å². The highest BCUT2D eigenvalue weighted by molar-refractivity contribution is 7.47. The number of carbonyl (C=O) groups excluding carboxylic acids is 2. The normalized spacial score (nSPS) is 13.6. The van der Waals surface area contributed by atoms with Crippen molar-refractivity contribution in [3.8, 4) is 0 Å². The summed E-state index contributed by atoms with van der Waals surface area (Å²) >= 11 is 0. The van der Waals surface area contributed by atoms with Crippen molar-refractivity contribution in [2.45, 2.75) is 232 Å². The molecule has 0 aromatic rings. The summed E-state index contributed by atoms with van der Waals surface area (Å²) in [6, 6.07) is 0. The average Bonchev–Trinajstić information content (AvgIpc) is 3.16. The minimum absolute atomic E-state index is 0.0341. The van der Waals surface area contributed by atoms with Crippen LogP contribution in [0.1, 0.15) is 226 Å². The molecule has 9 nitrogen and oxygen atoms in total. The van der Waals surface area contributed by atoms with E-state index in [1.165, 1.54) is 148 Å². The second-order valence-corrected chi connectivity index (χ2v) is 19.0. The first-order valence-electron chi connectivity index (χ1n) is 23.9. The zero-order chi connectivity index (χ0) is 42.1. The maximum atomic E-state index is 12.7. The van der Waals surface area contributed by atoms with Crippen molar-refractivity contribution in [3.05, 3.63) is 12.2 Å². The molecule has 0 rings (SSSR count). The molecule has 0 saturated carbocycles. The van der Waals surface area contributed by atoms with E-state index in [0.717, 1.165) is 44.9 Å². The van der Waals surface area contributed by atoms with Crippen molar-refractivity contribution in [2.24, 2.45) is 0 Å². The molecule has 57 heavy (non-hydrogen) atoms. The van der Waals surface area contributed by atoms with Crippen molar-refractivity contribution in [2.75, 3.05) is 47.5 Å². The smallest absolute Gasteiger partial charge is 0.462 e. The Kier molecular flexibility index (Phi) is 39.3. The zero-order valence-electron chi connectivity index (χ0n) is 38.1. The number of allylic oxidation sites excluding steroid dienone is 2. The number of phosphoric acid groups is 1. The summed E-state index contributed by atoms with van der Waals surface area (Å²) in [5.74, 6) is -0.791. The van der Waals surface area contributed by atoms with E-state index in [-0.39, 0.29) is 25.6 Å². The number of unbranched alkanes of at least 4 members (excludes halogenated alkanes) is 28. The van der Waals surface area contributed by atoms with E-state index in [4.69, 9.17) is 18.5 Å². The average molecular weight is 831 g/mol. The molecule has 0 heterocycles. The summed E-state index contributed by atoms with van der Waals surface area (Å²) < 4.78 is 34.4. The van der Waals surface area contributed by atoms with Crippen LogP contribution in [0, 0.1) is 0 Å². The Balaban J connectivity index is 4.28. The molecule has 10 heteroatoms. The number of ether oxygens (including phenoxy) is 2. The number of hydrogen-bond acceptors (Lipinski definition) is 7. The lowest BCUT2D eigenvalue weighted by Crippen LogP contribution is -2.37. The van der Waals surface area contributed by atoms with Gasteiger partial charge in [-0.3, -0.25) is 18.6 Å². The first-order valence-corrected chi connectivity index (χ1v) is 25.4. The van der Waals surface area contributed by atoms with E-state index in [9.17, 15) is 19.0 Å². The van der Waals surface area contributed by atoms with Crippen LogP contribution in [-0.4, -0.2) is 74.9 Å². The monoisotopic (exact) mass is 831 g/mol. The van der Waals surface area contributed by atoms with Gasteiger partial charge < -0.3 is 18.9 Å². The Morgan fingerprint density at radius 2 is 0.895 bits per heavy atom. The molecule has 2 unspecified atom stereocenters. The Morgan fingerprint density at radius 3 is 1.30 bits per heavy atom. The van der Waals surface area contributed by atoms with Crippen molar-refractivity contribution in [1.29, 1.82) is 0 Å². The van der Waals surface area contributed by atoms with E-state index in [1.54, 1.807) is 0 Å². The third kappa shape index (κ3) is 44.1. The van der Waals surface area contributed by atoms with E-state index in [0.29, 0.717) is 23.9 Å². The summed E-state index contributed by atoms with van der Waals surface area (Å²) in [5, 5.41) is 0. The number of hydrogen-bond donors (Lipinski definition) is 1. The van der Waals surface area contributed by atoms with Crippen molar-refractivity contribution < 1.29 is 42.1 Å². The fraction of sp³-hybridized carbons (Fsp3) is 0.915. The molecule has 0 fully saturated rings. The molecule has 0 amide bonds. The molecule has 0 radical (unpaired) electrons. The van der Waals surface area contributed by atoms with Crippen molar-refractivity contribution in [1.82, 2.24) is 0 Å².